The number of nitrogens with two attached hydrogens (primary N) is 1. The van der Waals surface area contributed by atoms with Crippen LogP contribution in [0.2, 0.25) is 0 Å². The van der Waals surface area contributed by atoms with Gasteiger partial charge in [0.2, 0.25) is 5.91 Å². The van der Waals surface area contributed by atoms with Gasteiger partial charge in [0.15, 0.2) is 0 Å². The van der Waals surface area contributed by atoms with Crippen molar-refractivity contribution in [3.8, 4) is 5.75 Å². The van der Waals surface area contributed by atoms with E-state index >= 15 is 0 Å². The summed E-state index contributed by atoms with van der Waals surface area (Å²) in [5.41, 5.74) is 5.23. The number of carbonyl (C=O) groups is 1. The highest BCUT2D eigenvalue weighted by atomic mass is 35.5. The molecular weight excluding hydrogens is 285 g/mol. The number of rotatable bonds is 3. The summed E-state index contributed by atoms with van der Waals surface area (Å²) in [7, 11) is 0. The van der Waals surface area contributed by atoms with Crippen molar-refractivity contribution in [1.82, 2.24) is 0 Å². The Hall–Kier alpha value is -1.47. The predicted molar refractivity (Wildman–Crippen MR) is 65.2 cm³/mol. The van der Waals surface area contributed by atoms with Gasteiger partial charge < -0.3 is 15.8 Å². The number of halogens is 4. The maximum absolute atomic E-state index is 11.9. The van der Waals surface area contributed by atoms with Gasteiger partial charge in [0, 0.05) is 5.69 Å². The molecule has 0 saturated heterocycles. The first-order chi connectivity index (χ1) is 8.28. The van der Waals surface area contributed by atoms with Gasteiger partial charge in [-0.15, -0.1) is 25.6 Å². The fourth-order valence-corrected chi connectivity index (χ4v) is 1.36. The van der Waals surface area contributed by atoms with Crippen molar-refractivity contribution in [2.45, 2.75) is 24.7 Å². The lowest BCUT2D eigenvalue weighted by Crippen LogP contribution is -2.37. The third-order valence-electron chi connectivity index (χ3n) is 2.59. The van der Waals surface area contributed by atoms with Crippen molar-refractivity contribution in [1.29, 1.82) is 0 Å². The molecule has 8 heteroatoms. The van der Waals surface area contributed by atoms with Gasteiger partial charge in [0.25, 0.3) is 0 Å². The average Bonchev–Trinajstić information content (AvgIpc) is 2.99. The van der Waals surface area contributed by atoms with E-state index in [-0.39, 0.29) is 24.1 Å². The van der Waals surface area contributed by atoms with Crippen LogP contribution in [0.5, 0.6) is 5.75 Å². The molecule has 0 spiro atoms. The third kappa shape index (κ3) is 4.29. The van der Waals surface area contributed by atoms with E-state index in [0.29, 0.717) is 18.5 Å². The molecule has 0 aromatic heterocycles. The minimum Gasteiger partial charge on any atom is -0.406 e. The Morgan fingerprint density at radius 1 is 1.26 bits per heavy atom. The first-order valence-electron chi connectivity index (χ1n) is 5.25. The molecule has 2 rings (SSSR count). The summed E-state index contributed by atoms with van der Waals surface area (Å²) in [5.74, 6) is -0.665. The van der Waals surface area contributed by atoms with Crippen LogP contribution in [0.25, 0.3) is 0 Å². The number of carbonyl (C=O) groups excluding carboxylic acids is 1. The van der Waals surface area contributed by atoms with Gasteiger partial charge in [0.05, 0.1) is 5.54 Å². The Labute approximate surface area is 113 Å². The Morgan fingerprint density at radius 2 is 1.79 bits per heavy atom. The van der Waals surface area contributed by atoms with Crippen molar-refractivity contribution in [2.75, 3.05) is 5.32 Å². The molecule has 1 aliphatic rings. The minimum atomic E-state index is -4.72. The highest BCUT2D eigenvalue weighted by molar-refractivity contribution is 6.00. The second kappa shape index (κ2) is 5.26. The summed E-state index contributed by atoms with van der Waals surface area (Å²) in [6.07, 6.45) is -3.48. The number of ether oxygens (including phenoxy) is 1. The molecule has 1 amide bonds. The van der Waals surface area contributed by atoms with Crippen LogP contribution in [-0.4, -0.2) is 17.8 Å². The molecule has 1 aromatic rings. The van der Waals surface area contributed by atoms with E-state index in [1.54, 1.807) is 0 Å². The fourth-order valence-electron chi connectivity index (χ4n) is 1.36. The summed E-state index contributed by atoms with van der Waals surface area (Å²) < 4.78 is 39.4. The SMILES string of the molecule is Cl.NC1(C(=O)Nc2ccc(OC(F)(F)F)cc2)CC1. The molecule has 0 bridgehead atoms. The van der Waals surface area contributed by atoms with E-state index in [4.69, 9.17) is 5.73 Å². The topological polar surface area (TPSA) is 64.4 Å². The molecule has 0 atom stereocenters. The van der Waals surface area contributed by atoms with Gasteiger partial charge in [-0.2, -0.15) is 0 Å². The summed E-state index contributed by atoms with van der Waals surface area (Å²) in [4.78, 5) is 11.6. The highest BCUT2D eigenvalue weighted by Crippen LogP contribution is 2.33. The zero-order valence-corrected chi connectivity index (χ0v) is 10.5. The molecule has 1 fully saturated rings. The van der Waals surface area contributed by atoms with Crippen LogP contribution in [0.4, 0.5) is 18.9 Å². The average molecular weight is 297 g/mol. The molecule has 4 nitrogen and oxygen atoms in total. The molecule has 1 aliphatic carbocycles. The quantitative estimate of drug-likeness (QED) is 0.900. The summed E-state index contributed by atoms with van der Waals surface area (Å²) in [6.45, 7) is 0. The molecule has 0 unspecified atom stereocenters. The summed E-state index contributed by atoms with van der Waals surface area (Å²) in [6, 6.07) is 4.90. The molecule has 1 saturated carbocycles. The number of nitrogens with one attached hydrogen (secondary N) is 1. The minimum absolute atomic E-state index is 0. The maximum Gasteiger partial charge on any atom is 0.573 e. The zero-order valence-electron chi connectivity index (χ0n) is 9.66. The van der Waals surface area contributed by atoms with Crippen molar-refractivity contribution < 1.29 is 22.7 Å². The van der Waals surface area contributed by atoms with E-state index in [9.17, 15) is 18.0 Å². The van der Waals surface area contributed by atoms with E-state index < -0.39 is 11.9 Å². The van der Waals surface area contributed by atoms with E-state index in [2.05, 4.69) is 10.1 Å². The van der Waals surface area contributed by atoms with E-state index in [1.165, 1.54) is 12.1 Å². The van der Waals surface area contributed by atoms with Gasteiger partial charge in [-0.3, -0.25) is 4.79 Å². The van der Waals surface area contributed by atoms with Crippen molar-refractivity contribution in [3.05, 3.63) is 24.3 Å². The lowest BCUT2D eigenvalue weighted by Gasteiger charge is -2.11. The van der Waals surface area contributed by atoms with E-state index in [1.807, 2.05) is 0 Å². The van der Waals surface area contributed by atoms with Gasteiger partial charge >= 0.3 is 6.36 Å². The predicted octanol–water partition coefficient (Wildman–Crippen LogP) is 2.44. The lowest BCUT2D eigenvalue weighted by molar-refractivity contribution is -0.274. The zero-order chi connectivity index (χ0) is 13.4. The smallest absolute Gasteiger partial charge is 0.406 e. The number of hydrogen-bond acceptors (Lipinski definition) is 3. The summed E-state index contributed by atoms with van der Waals surface area (Å²) >= 11 is 0. The van der Waals surface area contributed by atoms with Crippen LogP contribution in [0.15, 0.2) is 24.3 Å². The Balaban J connectivity index is 0.00000180. The molecule has 1 aromatic carbocycles. The largest absolute Gasteiger partial charge is 0.573 e. The monoisotopic (exact) mass is 296 g/mol. The molecule has 3 N–H and O–H groups in total. The van der Waals surface area contributed by atoms with E-state index in [0.717, 1.165) is 12.1 Å². The van der Waals surface area contributed by atoms with Crippen LogP contribution in [-0.2, 0) is 4.79 Å². The summed E-state index contributed by atoms with van der Waals surface area (Å²) in [5, 5.41) is 2.53. The van der Waals surface area contributed by atoms with Crippen molar-refractivity contribution >= 4 is 24.0 Å². The van der Waals surface area contributed by atoms with Gasteiger partial charge in [0.1, 0.15) is 5.75 Å². The van der Waals surface area contributed by atoms with Gasteiger partial charge in [-0.05, 0) is 37.1 Å². The molecule has 0 aliphatic heterocycles. The Bertz CT molecular complexity index is 458. The fraction of sp³-hybridized carbons (Fsp3) is 0.364. The molecule has 106 valence electrons. The first-order valence-corrected chi connectivity index (χ1v) is 5.25. The molecular formula is C11H12ClF3N2O2. The Morgan fingerprint density at radius 3 is 2.21 bits per heavy atom. The van der Waals surface area contributed by atoms with Crippen molar-refractivity contribution in [2.24, 2.45) is 5.73 Å². The number of hydrogen-bond donors (Lipinski definition) is 2. The molecule has 0 heterocycles. The number of anilines is 1. The van der Waals surface area contributed by atoms with Crippen LogP contribution in [0.3, 0.4) is 0 Å². The number of amides is 1. The van der Waals surface area contributed by atoms with Crippen LogP contribution >= 0.6 is 12.4 Å². The lowest BCUT2D eigenvalue weighted by atomic mass is 10.2. The Kier molecular flexibility index (Phi) is 4.32. The first kappa shape index (κ1) is 15.6. The second-order valence-corrected chi connectivity index (χ2v) is 4.18. The van der Waals surface area contributed by atoms with Crippen LogP contribution < -0.4 is 15.8 Å². The molecule has 0 radical (unpaired) electrons. The standard InChI is InChI=1S/C11H11F3N2O2.ClH/c12-11(13,14)18-8-3-1-7(2-4-8)16-9(17)10(15)5-6-10;/h1-4H,5-6,15H2,(H,16,17);1H. The second-order valence-electron chi connectivity index (χ2n) is 4.18. The van der Waals surface area contributed by atoms with Crippen LogP contribution in [0, 0.1) is 0 Å². The maximum atomic E-state index is 11.9. The number of alkyl halides is 3. The number of benzene rings is 1. The van der Waals surface area contributed by atoms with Gasteiger partial charge in [-0.1, -0.05) is 0 Å². The van der Waals surface area contributed by atoms with Crippen molar-refractivity contribution in [3.63, 3.8) is 0 Å². The van der Waals surface area contributed by atoms with Gasteiger partial charge in [-0.25, -0.2) is 0 Å². The highest BCUT2D eigenvalue weighted by Gasteiger charge is 2.45. The van der Waals surface area contributed by atoms with Crippen LogP contribution in [0.1, 0.15) is 12.8 Å². The normalized spacial score (nSPS) is 16.2. The third-order valence-corrected chi connectivity index (χ3v) is 2.59. The molecule has 19 heavy (non-hydrogen) atoms.